The molecule has 0 amide bonds. The second-order valence-electron chi connectivity index (χ2n) is 4.80. The molecule has 21 heavy (non-hydrogen) atoms. The van der Waals surface area contributed by atoms with E-state index in [1.54, 1.807) is 25.1 Å². The van der Waals surface area contributed by atoms with Crippen LogP contribution in [0.15, 0.2) is 23.4 Å². The summed E-state index contributed by atoms with van der Waals surface area (Å²) in [5, 5.41) is 4.78. The first-order valence-corrected chi connectivity index (χ1v) is 7.73. The number of esters is 1. The van der Waals surface area contributed by atoms with E-state index in [-0.39, 0.29) is 18.4 Å². The Hall–Kier alpha value is -1.26. The van der Waals surface area contributed by atoms with Crippen LogP contribution in [0.2, 0.25) is 10.0 Å². The van der Waals surface area contributed by atoms with Crippen molar-refractivity contribution in [2.45, 2.75) is 38.7 Å². The molecule has 1 fully saturated rings. The third kappa shape index (κ3) is 4.35. The van der Waals surface area contributed by atoms with E-state index in [4.69, 9.17) is 32.8 Å². The molecule has 0 heterocycles. The molecule has 0 atom stereocenters. The Morgan fingerprint density at radius 3 is 2.62 bits per heavy atom. The van der Waals surface area contributed by atoms with Gasteiger partial charge in [-0.15, -0.1) is 0 Å². The number of oxime groups is 1. The fourth-order valence-corrected chi connectivity index (χ4v) is 2.47. The molecule has 0 aromatic heterocycles. The van der Waals surface area contributed by atoms with E-state index < -0.39 is 5.97 Å². The number of hydrogen-bond acceptors (Lipinski definition) is 4. The van der Waals surface area contributed by atoms with Crippen LogP contribution < -0.4 is 0 Å². The monoisotopic (exact) mass is 329 g/mol. The normalized spacial score (nSPS) is 16.0. The van der Waals surface area contributed by atoms with Gasteiger partial charge < -0.3 is 9.57 Å². The molecule has 2 rings (SSSR count). The maximum absolute atomic E-state index is 12.0. The topological polar surface area (TPSA) is 47.9 Å². The Morgan fingerprint density at radius 1 is 1.29 bits per heavy atom. The number of carbonyl (C=O) groups excluding carboxylic acids is 1. The van der Waals surface area contributed by atoms with Gasteiger partial charge in [-0.3, -0.25) is 0 Å². The maximum atomic E-state index is 12.0. The molecule has 6 heteroatoms. The van der Waals surface area contributed by atoms with Gasteiger partial charge in [0.1, 0.15) is 6.10 Å². The van der Waals surface area contributed by atoms with Crippen LogP contribution in [0.1, 0.15) is 38.2 Å². The lowest BCUT2D eigenvalue weighted by atomic mass is 10.1. The average Bonchev–Trinajstić information content (AvgIpc) is 2.96. The second-order valence-corrected chi connectivity index (χ2v) is 5.62. The number of rotatable bonds is 5. The maximum Gasteiger partial charge on any atom is 0.361 e. The fourth-order valence-electron chi connectivity index (χ4n) is 2.17. The molecule has 1 aromatic carbocycles. The van der Waals surface area contributed by atoms with Gasteiger partial charge in [-0.2, -0.15) is 0 Å². The third-order valence-corrected chi connectivity index (χ3v) is 4.00. The van der Waals surface area contributed by atoms with E-state index in [9.17, 15) is 4.79 Å². The van der Waals surface area contributed by atoms with Crippen molar-refractivity contribution in [3.05, 3.63) is 33.8 Å². The van der Waals surface area contributed by atoms with Gasteiger partial charge in [-0.25, -0.2) is 4.79 Å². The largest absolute Gasteiger partial charge is 0.461 e. The molecule has 0 unspecified atom stereocenters. The van der Waals surface area contributed by atoms with Gasteiger partial charge in [0.05, 0.1) is 16.7 Å². The van der Waals surface area contributed by atoms with Crippen molar-refractivity contribution in [1.82, 2.24) is 0 Å². The highest BCUT2D eigenvalue weighted by Crippen LogP contribution is 2.24. The predicted molar refractivity (Wildman–Crippen MR) is 83.0 cm³/mol. The molecule has 1 aliphatic rings. The summed E-state index contributed by atoms with van der Waals surface area (Å²) in [5.74, 6) is -0.533. The summed E-state index contributed by atoms with van der Waals surface area (Å²) in [7, 11) is 0. The van der Waals surface area contributed by atoms with Gasteiger partial charge in [-0.1, -0.05) is 34.4 Å². The van der Waals surface area contributed by atoms with Crippen molar-refractivity contribution in [2.75, 3.05) is 6.61 Å². The van der Waals surface area contributed by atoms with Gasteiger partial charge in [-0.05, 0) is 44.7 Å². The Morgan fingerprint density at radius 2 is 2.00 bits per heavy atom. The third-order valence-electron chi connectivity index (χ3n) is 3.26. The fraction of sp³-hybridized carbons (Fsp3) is 0.467. The predicted octanol–water partition coefficient (Wildman–Crippen LogP) is 4.22. The summed E-state index contributed by atoms with van der Waals surface area (Å²) in [4.78, 5) is 17.5. The molecule has 0 saturated heterocycles. The van der Waals surface area contributed by atoms with Crippen LogP contribution in [0.25, 0.3) is 0 Å². The number of hydrogen-bond donors (Lipinski definition) is 0. The lowest BCUT2D eigenvalue weighted by Gasteiger charge is -2.10. The molecule has 0 radical (unpaired) electrons. The zero-order valence-corrected chi connectivity index (χ0v) is 13.3. The standard InChI is InChI=1S/C15H17Cl2NO3/c1-2-20-15(19)14(18-21-11-5-3-4-6-11)10-7-8-12(16)13(17)9-10/h7-9,11H,2-6H2,1H3/b18-14+. The van der Waals surface area contributed by atoms with Crippen molar-refractivity contribution < 1.29 is 14.4 Å². The Labute approximate surface area is 134 Å². The van der Waals surface area contributed by atoms with E-state index in [0.717, 1.165) is 25.7 Å². The Bertz CT molecular complexity index is 540. The summed E-state index contributed by atoms with van der Waals surface area (Å²) in [6, 6.07) is 4.86. The van der Waals surface area contributed by atoms with E-state index >= 15 is 0 Å². The molecule has 114 valence electrons. The number of nitrogens with zero attached hydrogens (tertiary/aromatic N) is 1. The number of benzene rings is 1. The van der Waals surface area contributed by atoms with E-state index in [0.29, 0.717) is 15.6 Å². The van der Waals surface area contributed by atoms with Crippen LogP contribution in [0, 0.1) is 0 Å². The molecule has 4 nitrogen and oxygen atoms in total. The van der Waals surface area contributed by atoms with Crippen LogP contribution >= 0.6 is 23.2 Å². The quantitative estimate of drug-likeness (QED) is 0.461. The molecule has 1 saturated carbocycles. The SMILES string of the molecule is CCOC(=O)/C(=N/OC1CCCC1)c1ccc(Cl)c(Cl)c1. The van der Waals surface area contributed by atoms with Crippen molar-refractivity contribution in [3.8, 4) is 0 Å². The van der Waals surface area contributed by atoms with Crippen LogP contribution in [0.4, 0.5) is 0 Å². The minimum atomic E-state index is -0.533. The molecule has 0 aliphatic heterocycles. The molecule has 1 aliphatic carbocycles. The minimum Gasteiger partial charge on any atom is -0.461 e. The summed E-state index contributed by atoms with van der Waals surface area (Å²) in [6.45, 7) is 2.00. The van der Waals surface area contributed by atoms with E-state index in [1.807, 2.05) is 0 Å². The van der Waals surface area contributed by atoms with Crippen molar-refractivity contribution in [3.63, 3.8) is 0 Å². The number of carbonyl (C=O) groups is 1. The highest BCUT2D eigenvalue weighted by molar-refractivity contribution is 6.45. The summed E-state index contributed by atoms with van der Waals surface area (Å²) in [5.41, 5.74) is 0.642. The smallest absolute Gasteiger partial charge is 0.361 e. The van der Waals surface area contributed by atoms with Gasteiger partial charge >= 0.3 is 5.97 Å². The summed E-state index contributed by atoms with van der Waals surface area (Å²) in [6.07, 6.45) is 4.24. The second kappa shape index (κ2) is 7.66. The van der Waals surface area contributed by atoms with E-state index in [2.05, 4.69) is 5.16 Å². The number of ether oxygens (including phenoxy) is 1. The minimum absolute atomic E-state index is 0.0669. The zero-order valence-electron chi connectivity index (χ0n) is 11.8. The summed E-state index contributed by atoms with van der Waals surface area (Å²) >= 11 is 11.9. The highest BCUT2D eigenvalue weighted by atomic mass is 35.5. The highest BCUT2D eigenvalue weighted by Gasteiger charge is 2.21. The van der Waals surface area contributed by atoms with Crippen LogP contribution in [-0.4, -0.2) is 24.4 Å². The lowest BCUT2D eigenvalue weighted by Crippen LogP contribution is -2.20. The zero-order chi connectivity index (χ0) is 15.2. The first-order chi connectivity index (χ1) is 10.1. The summed E-state index contributed by atoms with van der Waals surface area (Å²) < 4.78 is 5.02. The molecule has 0 spiro atoms. The van der Waals surface area contributed by atoms with Crippen LogP contribution in [0.3, 0.4) is 0 Å². The van der Waals surface area contributed by atoms with Crippen molar-refractivity contribution in [1.29, 1.82) is 0 Å². The molecular formula is C15H17Cl2NO3. The van der Waals surface area contributed by atoms with Crippen LogP contribution in [-0.2, 0) is 14.4 Å². The van der Waals surface area contributed by atoms with Gasteiger partial charge in [0.15, 0.2) is 5.71 Å². The molecule has 0 bridgehead atoms. The van der Waals surface area contributed by atoms with E-state index in [1.165, 1.54) is 0 Å². The Balaban J connectivity index is 2.23. The van der Waals surface area contributed by atoms with Crippen molar-refractivity contribution >= 4 is 34.9 Å². The Kier molecular flexibility index (Phi) is 5.88. The van der Waals surface area contributed by atoms with Crippen LogP contribution in [0.5, 0.6) is 0 Å². The molecular weight excluding hydrogens is 313 g/mol. The molecule has 0 N–H and O–H groups in total. The first-order valence-electron chi connectivity index (χ1n) is 6.98. The van der Waals surface area contributed by atoms with Crippen molar-refractivity contribution in [2.24, 2.45) is 5.16 Å². The van der Waals surface area contributed by atoms with Gasteiger partial charge in [0.25, 0.3) is 0 Å². The lowest BCUT2D eigenvalue weighted by molar-refractivity contribution is -0.135. The average molecular weight is 330 g/mol. The molecule has 1 aromatic rings. The first kappa shape index (κ1) is 16.1. The van der Waals surface area contributed by atoms with Gasteiger partial charge in [0, 0.05) is 5.56 Å². The van der Waals surface area contributed by atoms with Gasteiger partial charge in [0.2, 0.25) is 0 Å². The number of halogens is 2.